The molecule has 6 heteroatoms. The molecule has 0 spiro atoms. The Morgan fingerprint density at radius 2 is 2.33 bits per heavy atom. The first kappa shape index (κ1) is 15.3. The van der Waals surface area contributed by atoms with Gasteiger partial charge in [-0.05, 0) is 30.9 Å². The van der Waals surface area contributed by atoms with Crippen molar-refractivity contribution in [2.75, 3.05) is 23.9 Å². The van der Waals surface area contributed by atoms with E-state index in [-0.39, 0.29) is 18.7 Å². The lowest BCUT2D eigenvalue weighted by Crippen LogP contribution is -2.40. The normalized spacial score (nSPS) is 11.9. The molecule has 0 aliphatic carbocycles. The number of aliphatic hydroxyl groups excluding tert-OH is 1. The summed E-state index contributed by atoms with van der Waals surface area (Å²) in [7, 11) is 0. The number of hydrogen-bond acceptors (Lipinski definition) is 3. The Balaban J connectivity index is 2.49. The van der Waals surface area contributed by atoms with Gasteiger partial charge in [-0.25, -0.2) is 4.79 Å². The van der Waals surface area contributed by atoms with Gasteiger partial charge >= 0.3 is 6.03 Å². The van der Waals surface area contributed by atoms with Gasteiger partial charge in [-0.1, -0.05) is 22.0 Å². The molecule has 0 radical (unpaired) electrons. The van der Waals surface area contributed by atoms with E-state index in [4.69, 9.17) is 5.11 Å². The van der Waals surface area contributed by atoms with E-state index in [0.717, 1.165) is 15.9 Å². The van der Waals surface area contributed by atoms with Crippen LogP contribution in [0.2, 0.25) is 0 Å². The van der Waals surface area contributed by atoms with Gasteiger partial charge in [0.05, 0.1) is 0 Å². The van der Waals surface area contributed by atoms with E-state index in [9.17, 15) is 4.79 Å². The SMILES string of the molecule is CSC[C@@H](CCO)NC(=O)Nc1cccc(Br)c1. The number of rotatable bonds is 6. The molecule has 0 aliphatic heterocycles. The molecule has 0 saturated heterocycles. The first-order valence-electron chi connectivity index (χ1n) is 5.58. The van der Waals surface area contributed by atoms with Gasteiger partial charge in [0, 0.05) is 28.6 Å². The smallest absolute Gasteiger partial charge is 0.319 e. The Bertz CT molecular complexity index is 384. The van der Waals surface area contributed by atoms with Crippen LogP contribution >= 0.6 is 27.7 Å². The van der Waals surface area contributed by atoms with Crippen molar-refractivity contribution in [3.05, 3.63) is 28.7 Å². The maximum Gasteiger partial charge on any atom is 0.319 e. The van der Waals surface area contributed by atoms with Crippen molar-refractivity contribution in [1.82, 2.24) is 5.32 Å². The second-order valence-electron chi connectivity index (χ2n) is 3.77. The Morgan fingerprint density at radius 3 is 2.94 bits per heavy atom. The largest absolute Gasteiger partial charge is 0.396 e. The molecule has 4 nitrogen and oxygen atoms in total. The Labute approximate surface area is 120 Å². The van der Waals surface area contributed by atoms with E-state index >= 15 is 0 Å². The summed E-state index contributed by atoms with van der Waals surface area (Å²) in [5.41, 5.74) is 0.730. The summed E-state index contributed by atoms with van der Waals surface area (Å²) in [6.07, 6.45) is 2.53. The zero-order valence-corrected chi connectivity index (χ0v) is 12.6. The number of benzene rings is 1. The van der Waals surface area contributed by atoms with E-state index in [1.54, 1.807) is 11.8 Å². The molecule has 2 amide bonds. The molecular formula is C12H17BrN2O2S. The van der Waals surface area contributed by atoms with Gasteiger partial charge in [-0.15, -0.1) is 0 Å². The minimum absolute atomic E-state index is 0.0165. The maximum atomic E-state index is 11.8. The molecular weight excluding hydrogens is 316 g/mol. The van der Waals surface area contributed by atoms with Crippen LogP contribution in [0, 0.1) is 0 Å². The first-order valence-corrected chi connectivity index (χ1v) is 7.77. The van der Waals surface area contributed by atoms with Gasteiger partial charge in [-0.3, -0.25) is 0 Å². The molecule has 1 rings (SSSR count). The summed E-state index contributed by atoms with van der Waals surface area (Å²) < 4.78 is 0.913. The van der Waals surface area contributed by atoms with Crippen LogP contribution < -0.4 is 10.6 Å². The van der Waals surface area contributed by atoms with Crippen molar-refractivity contribution >= 4 is 39.4 Å². The summed E-state index contributed by atoms with van der Waals surface area (Å²) in [6.45, 7) is 0.0718. The average molecular weight is 333 g/mol. The van der Waals surface area contributed by atoms with Crippen LogP contribution in [0.4, 0.5) is 10.5 Å². The van der Waals surface area contributed by atoms with E-state index in [0.29, 0.717) is 6.42 Å². The third-order valence-corrected chi connectivity index (χ3v) is 3.49. The zero-order valence-electron chi connectivity index (χ0n) is 10.1. The highest BCUT2D eigenvalue weighted by Gasteiger charge is 2.11. The van der Waals surface area contributed by atoms with E-state index in [1.807, 2.05) is 30.5 Å². The number of aliphatic hydroxyl groups is 1. The lowest BCUT2D eigenvalue weighted by molar-refractivity contribution is 0.241. The number of urea groups is 1. The second kappa shape index (κ2) is 8.39. The number of anilines is 1. The summed E-state index contributed by atoms with van der Waals surface area (Å²) in [6, 6.07) is 7.13. The molecule has 0 aromatic heterocycles. The molecule has 0 aliphatic rings. The predicted molar refractivity (Wildman–Crippen MR) is 80.2 cm³/mol. The van der Waals surface area contributed by atoms with Crippen molar-refractivity contribution < 1.29 is 9.90 Å². The first-order chi connectivity index (χ1) is 8.65. The topological polar surface area (TPSA) is 61.4 Å². The summed E-state index contributed by atoms with van der Waals surface area (Å²) in [5, 5.41) is 14.5. The molecule has 1 atom stereocenters. The number of halogens is 1. The molecule has 1 aromatic rings. The maximum absolute atomic E-state index is 11.8. The second-order valence-corrected chi connectivity index (χ2v) is 5.60. The minimum atomic E-state index is -0.249. The highest BCUT2D eigenvalue weighted by Crippen LogP contribution is 2.15. The van der Waals surface area contributed by atoms with Crippen LogP contribution in [0.15, 0.2) is 28.7 Å². The van der Waals surface area contributed by atoms with E-state index < -0.39 is 0 Å². The Kier molecular flexibility index (Phi) is 7.15. The number of carbonyl (C=O) groups excluding carboxylic acids is 1. The fraction of sp³-hybridized carbons (Fsp3) is 0.417. The highest BCUT2D eigenvalue weighted by molar-refractivity contribution is 9.10. The predicted octanol–water partition coefficient (Wildman–Crippen LogP) is 2.68. The van der Waals surface area contributed by atoms with Gasteiger partial charge in [0.1, 0.15) is 0 Å². The minimum Gasteiger partial charge on any atom is -0.396 e. The number of nitrogens with one attached hydrogen (secondary N) is 2. The fourth-order valence-electron chi connectivity index (χ4n) is 1.47. The van der Waals surface area contributed by atoms with Gasteiger partial charge in [0.25, 0.3) is 0 Å². The summed E-state index contributed by atoms with van der Waals surface area (Å²) in [4.78, 5) is 11.8. The molecule has 100 valence electrons. The Morgan fingerprint density at radius 1 is 1.56 bits per heavy atom. The van der Waals surface area contributed by atoms with Crippen LogP contribution in [-0.2, 0) is 0 Å². The van der Waals surface area contributed by atoms with Crippen LogP contribution in [-0.4, -0.2) is 35.8 Å². The van der Waals surface area contributed by atoms with Crippen LogP contribution in [0.5, 0.6) is 0 Å². The standard InChI is InChI=1S/C12H17BrN2O2S/c1-18-8-11(5-6-16)15-12(17)14-10-4-2-3-9(13)7-10/h2-4,7,11,16H,5-6,8H2,1H3,(H2,14,15,17)/t11-/m1/s1. The average Bonchev–Trinajstić information content (AvgIpc) is 2.29. The van der Waals surface area contributed by atoms with Gasteiger partial charge in [0.2, 0.25) is 0 Å². The lowest BCUT2D eigenvalue weighted by atomic mass is 10.2. The lowest BCUT2D eigenvalue weighted by Gasteiger charge is -2.17. The number of thioether (sulfide) groups is 1. The molecule has 3 N–H and O–H groups in total. The number of carbonyl (C=O) groups is 1. The molecule has 0 unspecified atom stereocenters. The monoisotopic (exact) mass is 332 g/mol. The van der Waals surface area contributed by atoms with Gasteiger partial charge < -0.3 is 15.7 Å². The Hall–Kier alpha value is -0.720. The van der Waals surface area contributed by atoms with Gasteiger partial charge in [-0.2, -0.15) is 11.8 Å². The van der Waals surface area contributed by atoms with Crippen molar-refractivity contribution in [2.45, 2.75) is 12.5 Å². The quantitative estimate of drug-likeness (QED) is 0.750. The molecule has 0 fully saturated rings. The molecule has 1 aromatic carbocycles. The summed E-state index contributed by atoms with van der Waals surface area (Å²) in [5.74, 6) is 0.784. The number of hydrogen-bond donors (Lipinski definition) is 3. The molecule has 0 saturated carbocycles. The molecule has 18 heavy (non-hydrogen) atoms. The number of amides is 2. The van der Waals surface area contributed by atoms with Crippen LogP contribution in [0.1, 0.15) is 6.42 Å². The van der Waals surface area contributed by atoms with E-state index in [2.05, 4.69) is 26.6 Å². The van der Waals surface area contributed by atoms with E-state index in [1.165, 1.54) is 0 Å². The zero-order chi connectivity index (χ0) is 13.4. The van der Waals surface area contributed by atoms with Crippen LogP contribution in [0.25, 0.3) is 0 Å². The third kappa shape index (κ3) is 5.75. The van der Waals surface area contributed by atoms with Gasteiger partial charge in [0.15, 0.2) is 0 Å². The molecule has 0 bridgehead atoms. The van der Waals surface area contributed by atoms with Crippen molar-refractivity contribution in [3.8, 4) is 0 Å². The molecule has 0 heterocycles. The highest BCUT2D eigenvalue weighted by atomic mass is 79.9. The van der Waals surface area contributed by atoms with Crippen molar-refractivity contribution in [2.24, 2.45) is 0 Å². The summed E-state index contributed by atoms with van der Waals surface area (Å²) >= 11 is 4.98. The fourth-order valence-corrected chi connectivity index (χ4v) is 2.52. The van der Waals surface area contributed by atoms with Crippen molar-refractivity contribution in [1.29, 1.82) is 0 Å². The van der Waals surface area contributed by atoms with Crippen molar-refractivity contribution in [3.63, 3.8) is 0 Å². The van der Waals surface area contributed by atoms with Crippen LogP contribution in [0.3, 0.4) is 0 Å². The third-order valence-electron chi connectivity index (χ3n) is 2.26.